The van der Waals surface area contributed by atoms with Gasteiger partial charge in [0, 0.05) is 29.1 Å². The van der Waals surface area contributed by atoms with E-state index in [9.17, 15) is 14.7 Å². The Morgan fingerprint density at radius 2 is 1.83 bits per heavy atom. The van der Waals surface area contributed by atoms with Gasteiger partial charge >= 0.3 is 12.1 Å². The number of nitrogens with two attached hydrogens (primary N) is 1. The normalized spacial score (nSPS) is 11.9. The summed E-state index contributed by atoms with van der Waals surface area (Å²) in [6, 6.07) is 12.1. The highest BCUT2D eigenvalue weighted by Gasteiger charge is 2.21. The number of quaternary nitrogens is 1. The summed E-state index contributed by atoms with van der Waals surface area (Å²) in [5.41, 5.74) is 2.08. The molecule has 0 heterocycles. The average Bonchev–Trinajstić information content (AvgIpc) is 2.69. The van der Waals surface area contributed by atoms with Crippen LogP contribution in [0, 0.1) is 0 Å². The van der Waals surface area contributed by atoms with Crippen LogP contribution in [0.15, 0.2) is 42.5 Å². The number of amides is 1. The number of ether oxygens (including phenoxy) is 3. The maximum Gasteiger partial charge on any atom is 0.518 e. The number of carboxylic acid groups (broad SMARTS) is 1. The Morgan fingerprint density at radius 1 is 1.13 bits per heavy atom. The Bertz CT molecular complexity index is 853. The van der Waals surface area contributed by atoms with Gasteiger partial charge in [0.25, 0.3) is 0 Å². The molecular weight excluding hydrogens is 410 g/mol. The van der Waals surface area contributed by atoms with Crippen molar-refractivity contribution < 1.29 is 34.2 Å². The molecule has 0 saturated heterocycles. The van der Waals surface area contributed by atoms with Gasteiger partial charge < -0.3 is 19.3 Å². The lowest BCUT2D eigenvalue weighted by molar-refractivity contribution is -0.483. The summed E-state index contributed by atoms with van der Waals surface area (Å²) in [5, 5.41) is 11.3. The molecule has 0 bridgehead atoms. The number of halogens is 1. The summed E-state index contributed by atoms with van der Waals surface area (Å²) < 4.78 is 16.5. The average molecular weight is 437 g/mol. The number of hydrogen-bond donors (Lipinski definition) is 2. The molecule has 0 aliphatic rings. The van der Waals surface area contributed by atoms with Gasteiger partial charge in [-0.1, -0.05) is 17.7 Å². The van der Waals surface area contributed by atoms with E-state index < -0.39 is 18.2 Å². The van der Waals surface area contributed by atoms with E-state index in [2.05, 4.69) is 0 Å². The molecule has 0 radical (unpaired) electrons. The summed E-state index contributed by atoms with van der Waals surface area (Å²) in [4.78, 5) is 23.6. The molecule has 162 valence electrons. The summed E-state index contributed by atoms with van der Waals surface area (Å²) in [6.07, 6.45) is -1.48. The number of aliphatic carboxylic acids is 1. The maximum atomic E-state index is 12.2. The number of hydrogen-bond acceptors (Lipinski definition) is 5. The molecule has 0 spiro atoms. The van der Waals surface area contributed by atoms with Gasteiger partial charge in [-0.25, -0.2) is 10.1 Å². The second-order valence-corrected chi connectivity index (χ2v) is 7.33. The molecule has 1 atom stereocenters. The Hall–Kier alpha value is -2.61. The molecule has 2 aromatic carbocycles. The fraction of sp³-hybridized carbons (Fsp3) is 0.364. The van der Waals surface area contributed by atoms with Gasteiger partial charge in [-0.2, -0.15) is 4.79 Å². The number of primary amides is 1. The first kappa shape index (κ1) is 23.7. The molecule has 3 N–H and O–H groups in total. The maximum absolute atomic E-state index is 12.2. The highest BCUT2D eigenvalue weighted by molar-refractivity contribution is 6.30. The van der Waals surface area contributed by atoms with E-state index >= 15 is 0 Å². The van der Waals surface area contributed by atoms with E-state index in [1.54, 1.807) is 56.3 Å². The Morgan fingerprint density at radius 3 is 2.43 bits per heavy atom. The van der Waals surface area contributed by atoms with Crippen molar-refractivity contribution >= 4 is 29.4 Å². The molecule has 2 rings (SSSR count). The van der Waals surface area contributed by atoms with Crippen LogP contribution in [-0.4, -0.2) is 36.0 Å². The van der Waals surface area contributed by atoms with Crippen LogP contribution in [0.25, 0.3) is 0 Å². The molecule has 0 fully saturated rings. The third-order valence-electron chi connectivity index (χ3n) is 4.08. The van der Waals surface area contributed by atoms with Gasteiger partial charge in [-0.05, 0) is 50.6 Å². The second-order valence-electron chi connectivity index (χ2n) is 6.89. The zero-order valence-electron chi connectivity index (χ0n) is 17.3. The first-order chi connectivity index (χ1) is 14.3. The van der Waals surface area contributed by atoms with Crippen molar-refractivity contribution in [3.05, 3.63) is 58.6 Å². The lowest BCUT2D eigenvalue weighted by Gasteiger charge is -2.18. The van der Waals surface area contributed by atoms with Crippen LogP contribution in [0.3, 0.4) is 0 Å². The van der Waals surface area contributed by atoms with Gasteiger partial charge in [0.1, 0.15) is 18.0 Å². The minimum atomic E-state index is -1.02. The van der Waals surface area contributed by atoms with Gasteiger partial charge in [0.05, 0.1) is 12.7 Å². The molecule has 0 aliphatic carbocycles. The van der Waals surface area contributed by atoms with E-state index in [4.69, 9.17) is 25.8 Å². The minimum absolute atomic E-state index is 0.00509. The van der Waals surface area contributed by atoms with Crippen LogP contribution in [0.5, 0.6) is 5.75 Å². The number of rotatable bonds is 10. The van der Waals surface area contributed by atoms with Crippen LogP contribution in [0.4, 0.5) is 10.5 Å². The largest absolute Gasteiger partial charge is 0.518 e. The van der Waals surface area contributed by atoms with Crippen LogP contribution in [-0.2, 0) is 27.3 Å². The third kappa shape index (κ3) is 7.67. The van der Waals surface area contributed by atoms with E-state index in [1.165, 1.54) is 5.32 Å². The van der Waals surface area contributed by atoms with Gasteiger partial charge in [0.15, 0.2) is 6.10 Å². The van der Waals surface area contributed by atoms with Crippen LogP contribution >= 0.6 is 11.6 Å². The van der Waals surface area contributed by atoms with Gasteiger partial charge in [-0.3, -0.25) is 0 Å². The molecule has 1 unspecified atom stereocenters. The Balaban J connectivity index is 2.08. The van der Waals surface area contributed by atoms with Crippen LogP contribution in [0.1, 0.15) is 31.9 Å². The van der Waals surface area contributed by atoms with Gasteiger partial charge in [-0.15, -0.1) is 0 Å². The summed E-state index contributed by atoms with van der Waals surface area (Å²) in [5.74, 6) is -0.444. The Labute approximate surface area is 180 Å². The first-order valence-electron chi connectivity index (χ1n) is 9.68. The highest BCUT2D eigenvalue weighted by atomic mass is 35.5. The highest BCUT2D eigenvalue weighted by Crippen LogP contribution is 2.23. The predicted octanol–water partition coefficient (Wildman–Crippen LogP) is 3.69. The zero-order chi connectivity index (χ0) is 22.1. The zero-order valence-corrected chi connectivity index (χ0v) is 18.0. The lowest BCUT2D eigenvalue weighted by atomic mass is 10.0. The summed E-state index contributed by atoms with van der Waals surface area (Å²) in [6.45, 7) is 5.88. The smallest absolute Gasteiger partial charge is 0.493 e. The summed E-state index contributed by atoms with van der Waals surface area (Å²) >= 11 is 5.84. The van der Waals surface area contributed by atoms with Crippen molar-refractivity contribution in [1.29, 1.82) is 0 Å². The molecule has 0 saturated carbocycles. The fourth-order valence-electron chi connectivity index (χ4n) is 2.79. The molecule has 7 nitrogen and oxygen atoms in total. The standard InChI is InChI=1S/C22H26ClNO6/c1-4-28-19-10-5-15(12-20(21(25)26)30-14(2)3)11-16(19)13-29-22(27)24-18-8-6-17(23)7-9-18/h5-11,14,20H,4,12-13H2,1-3H3,(H,24,27)(H,25,26)/p+1. The summed E-state index contributed by atoms with van der Waals surface area (Å²) in [7, 11) is 0. The van der Waals surface area contributed by atoms with Crippen molar-refractivity contribution in [2.45, 2.75) is 46.0 Å². The van der Waals surface area contributed by atoms with E-state index in [0.29, 0.717) is 28.6 Å². The van der Waals surface area contributed by atoms with E-state index in [0.717, 1.165) is 5.56 Å². The van der Waals surface area contributed by atoms with E-state index in [-0.39, 0.29) is 19.1 Å². The quantitative estimate of drug-likeness (QED) is 0.551. The van der Waals surface area contributed by atoms with Crippen molar-refractivity contribution in [3.63, 3.8) is 0 Å². The monoisotopic (exact) mass is 436 g/mol. The van der Waals surface area contributed by atoms with Crippen molar-refractivity contribution in [1.82, 2.24) is 0 Å². The molecule has 0 aromatic heterocycles. The van der Waals surface area contributed by atoms with Crippen LogP contribution < -0.4 is 10.1 Å². The van der Waals surface area contributed by atoms with E-state index in [1.807, 2.05) is 6.92 Å². The SMILES string of the molecule is CCOc1ccc(CC(OC(C)C)C(=O)O)cc1COC(=O)[NH2+]c1ccc(Cl)cc1. The second kappa shape index (κ2) is 11.5. The molecular formula is C22H27ClNO6+. The number of benzene rings is 2. The van der Waals surface area contributed by atoms with Crippen LogP contribution in [0.2, 0.25) is 5.02 Å². The topological polar surface area (TPSA) is 98.7 Å². The molecule has 8 heteroatoms. The number of carbonyl (C=O) groups excluding carboxylic acids is 1. The van der Waals surface area contributed by atoms with Crippen molar-refractivity contribution in [2.24, 2.45) is 0 Å². The fourth-order valence-corrected chi connectivity index (χ4v) is 2.92. The van der Waals surface area contributed by atoms with Crippen molar-refractivity contribution in [3.8, 4) is 5.75 Å². The van der Waals surface area contributed by atoms with Crippen molar-refractivity contribution in [2.75, 3.05) is 6.61 Å². The number of carbonyl (C=O) groups is 2. The minimum Gasteiger partial charge on any atom is -0.493 e. The predicted molar refractivity (Wildman–Crippen MR) is 112 cm³/mol. The van der Waals surface area contributed by atoms with Gasteiger partial charge in [0.2, 0.25) is 0 Å². The lowest BCUT2D eigenvalue weighted by Crippen LogP contribution is -2.82. The first-order valence-corrected chi connectivity index (χ1v) is 10.1. The molecule has 0 aliphatic heterocycles. The Kier molecular flexibility index (Phi) is 9.11. The molecule has 1 amide bonds. The molecule has 30 heavy (non-hydrogen) atoms. The molecule has 2 aromatic rings. The number of carboxylic acids is 1. The third-order valence-corrected chi connectivity index (χ3v) is 4.33.